The van der Waals surface area contributed by atoms with Crippen LogP contribution in [0.2, 0.25) is 0 Å². The van der Waals surface area contributed by atoms with Crippen LogP contribution >= 0.6 is 0 Å². The minimum absolute atomic E-state index is 0.00104. The van der Waals surface area contributed by atoms with Crippen LogP contribution in [0.1, 0.15) is 12.0 Å². The highest BCUT2D eigenvalue weighted by atomic mass is 16.1. The van der Waals surface area contributed by atoms with Crippen LogP contribution in [-0.4, -0.2) is 20.7 Å². The van der Waals surface area contributed by atoms with Gasteiger partial charge in [0.15, 0.2) is 0 Å². The van der Waals surface area contributed by atoms with E-state index in [2.05, 4.69) is 21.5 Å². The molecule has 0 radical (unpaired) electrons. The Morgan fingerprint density at radius 3 is 3.00 bits per heavy atom. The lowest BCUT2D eigenvalue weighted by Gasteiger charge is -2.04. The lowest BCUT2D eigenvalue weighted by atomic mass is 10.1. The zero-order chi connectivity index (χ0) is 13.9. The van der Waals surface area contributed by atoms with E-state index in [4.69, 9.17) is 0 Å². The van der Waals surface area contributed by atoms with E-state index in [1.54, 1.807) is 24.0 Å². The molecule has 0 saturated carbocycles. The number of anilines is 1. The number of fused-ring (bicyclic) bond motifs is 1. The first-order chi connectivity index (χ1) is 9.74. The summed E-state index contributed by atoms with van der Waals surface area (Å²) in [6.07, 6.45) is 4.80. The molecule has 0 aliphatic carbocycles. The first-order valence-electron chi connectivity index (χ1n) is 6.57. The Hall–Kier alpha value is -2.56. The summed E-state index contributed by atoms with van der Waals surface area (Å²) in [5, 5.41) is 8.05. The Labute approximate surface area is 116 Å². The van der Waals surface area contributed by atoms with Crippen LogP contribution in [0.3, 0.4) is 0 Å². The van der Waals surface area contributed by atoms with Gasteiger partial charge in [0.2, 0.25) is 5.91 Å². The first-order valence-corrected chi connectivity index (χ1v) is 6.57. The first kappa shape index (κ1) is 12.5. The molecule has 0 spiro atoms. The Morgan fingerprint density at radius 2 is 2.20 bits per heavy atom. The van der Waals surface area contributed by atoms with E-state index < -0.39 is 0 Å². The lowest BCUT2D eigenvalue weighted by Crippen LogP contribution is -2.14. The average Bonchev–Trinajstić information content (AvgIpc) is 3.04. The van der Waals surface area contributed by atoms with Crippen LogP contribution in [0.5, 0.6) is 0 Å². The number of para-hydroxylation sites is 1. The highest BCUT2D eigenvalue weighted by Gasteiger charge is 2.08. The fourth-order valence-electron chi connectivity index (χ4n) is 2.29. The quantitative estimate of drug-likeness (QED) is 0.763. The number of aromatic amines is 1. The molecule has 102 valence electrons. The molecule has 0 atom stereocenters. The number of H-pyrrole nitrogens is 1. The van der Waals surface area contributed by atoms with E-state index in [1.807, 2.05) is 24.4 Å². The van der Waals surface area contributed by atoms with E-state index in [-0.39, 0.29) is 5.91 Å². The summed E-state index contributed by atoms with van der Waals surface area (Å²) in [4.78, 5) is 15.2. The number of nitrogens with one attached hydrogen (secondary N) is 2. The molecule has 2 N–H and O–H groups in total. The number of hydrogen-bond donors (Lipinski definition) is 2. The summed E-state index contributed by atoms with van der Waals surface area (Å²) in [5.74, 6) is 0.716. The molecule has 1 amide bonds. The van der Waals surface area contributed by atoms with Crippen molar-refractivity contribution in [1.82, 2.24) is 14.8 Å². The van der Waals surface area contributed by atoms with Crippen molar-refractivity contribution in [3.63, 3.8) is 0 Å². The molecule has 0 bridgehead atoms. The van der Waals surface area contributed by atoms with Gasteiger partial charge < -0.3 is 10.3 Å². The maximum Gasteiger partial charge on any atom is 0.225 e. The monoisotopic (exact) mass is 268 g/mol. The molecule has 0 saturated heterocycles. The number of aromatic nitrogens is 3. The second-order valence-electron chi connectivity index (χ2n) is 4.75. The van der Waals surface area contributed by atoms with Crippen LogP contribution in [0, 0.1) is 0 Å². The van der Waals surface area contributed by atoms with Gasteiger partial charge in [0, 0.05) is 36.6 Å². The number of hydrogen-bond acceptors (Lipinski definition) is 2. The smallest absolute Gasteiger partial charge is 0.225 e. The Morgan fingerprint density at radius 1 is 1.35 bits per heavy atom. The van der Waals surface area contributed by atoms with Gasteiger partial charge in [-0.1, -0.05) is 18.2 Å². The van der Waals surface area contributed by atoms with Crippen molar-refractivity contribution in [2.24, 2.45) is 7.05 Å². The maximum absolute atomic E-state index is 11.9. The van der Waals surface area contributed by atoms with Gasteiger partial charge in [0.05, 0.1) is 6.20 Å². The number of aryl methyl sites for hydroxylation is 2. The van der Waals surface area contributed by atoms with E-state index in [1.165, 1.54) is 10.9 Å². The standard InChI is InChI=1S/C15H16N4O/c1-19-14(8-9-17-19)18-15(20)7-6-11-10-16-13-5-3-2-4-12(11)13/h2-5,8-10,16H,6-7H2,1H3,(H,18,20). The molecule has 2 aromatic heterocycles. The molecule has 5 heteroatoms. The van der Waals surface area contributed by atoms with Crippen molar-refractivity contribution in [2.45, 2.75) is 12.8 Å². The summed E-state index contributed by atoms with van der Waals surface area (Å²) in [7, 11) is 1.80. The summed E-state index contributed by atoms with van der Waals surface area (Å²) in [6, 6.07) is 9.89. The molecule has 0 unspecified atom stereocenters. The minimum Gasteiger partial charge on any atom is -0.361 e. The predicted octanol–water partition coefficient (Wildman–Crippen LogP) is 2.47. The number of nitrogens with zero attached hydrogens (tertiary/aromatic N) is 2. The van der Waals surface area contributed by atoms with Crippen molar-refractivity contribution in [2.75, 3.05) is 5.32 Å². The fourth-order valence-corrected chi connectivity index (χ4v) is 2.29. The molecule has 0 aliphatic rings. The van der Waals surface area contributed by atoms with Crippen molar-refractivity contribution in [3.05, 3.63) is 48.3 Å². The van der Waals surface area contributed by atoms with Crippen LogP contribution in [0.15, 0.2) is 42.7 Å². The Balaban J connectivity index is 1.65. The minimum atomic E-state index is -0.00104. The second kappa shape index (κ2) is 5.21. The summed E-state index contributed by atoms with van der Waals surface area (Å²) in [6.45, 7) is 0. The topological polar surface area (TPSA) is 62.7 Å². The summed E-state index contributed by atoms with van der Waals surface area (Å²) in [5.41, 5.74) is 2.27. The third-order valence-corrected chi connectivity index (χ3v) is 3.38. The van der Waals surface area contributed by atoms with Crippen molar-refractivity contribution in [1.29, 1.82) is 0 Å². The SMILES string of the molecule is Cn1nccc1NC(=O)CCc1c[nH]c2ccccc12. The largest absolute Gasteiger partial charge is 0.361 e. The van der Waals surface area contributed by atoms with Crippen molar-refractivity contribution < 1.29 is 4.79 Å². The molecule has 20 heavy (non-hydrogen) atoms. The second-order valence-corrected chi connectivity index (χ2v) is 4.75. The van der Waals surface area contributed by atoms with Crippen LogP contribution in [-0.2, 0) is 18.3 Å². The number of rotatable bonds is 4. The summed E-state index contributed by atoms with van der Waals surface area (Å²) >= 11 is 0. The van der Waals surface area contributed by atoms with Crippen LogP contribution in [0.25, 0.3) is 10.9 Å². The van der Waals surface area contributed by atoms with Gasteiger partial charge in [0.1, 0.15) is 5.82 Å². The Bertz CT molecular complexity index is 741. The van der Waals surface area contributed by atoms with E-state index in [0.29, 0.717) is 18.7 Å². The zero-order valence-corrected chi connectivity index (χ0v) is 11.3. The van der Waals surface area contributed by atoms with Gasteiger partial charge in [-0.15, -0.1) is 0 Å². The summed E-state index contributed by atoms with van der Waals surface area (Å²) < 4.78 is 1.64. The molecule has 2 heterocycles. The molecule has 0 fully saturated rings. The molecular formula is C15H16N4O. The number of carbonyl (C=O) groups excluding carboxylic acids is 1. The average molecular weight is 268 g/mol. The number of carbonyl (C=O) groups is 1. The molecule has 3 aromatic rings. The third kappa shape index (κ3) is 2.42. The normalized spacial score (nSPS) is 10.8. The van der Waals surface area contributed by atoms with Gasteiger partial charge in [-0.3, -0.25) is 9.48 Å². The molecule has 3 rings (SSSR count). The van der Waals surface area contributed by atoms with E-state index >= 15 is 0 Å². The predicted molar refractivity (Wildman–Crippen MR) is 78.5 cm³/mol. The molecule has 0 aliphatic heterocycles. The highest BCUT2D eigenvalue weighted by molar-refractivity contribution is 5.90. The fraction of sp³-hybridized carbons (Fsp3) is 0.200. The van der Waals surface area contributed by atoms with Gasteiger partial charge in [0.25, 0.3) is 0 Å². The third-order valence-electron chi connectivity index (χ3n) is 3.38. The molecular weight excluding hydrogens is 252 g/mol. The van der Waals surface area contributed by atoms with Crippen LogP contribution in [0.4, 0.5) is 5.82 Å². The molecule has 1 aromatic carbocycles. The van der Waals surface area contributed by atoms with Crippen LogP contribution < -0.4 is 5.32 Å². The maximum atomic E-state index is 11.9. The van der Waals surface area contributed by atoms with Gasteiger partial charge in [-0.2, -0.15) is 5.10 Å². The van der Waals surface area contributed by atoms with Gasteiger partial charge in [-0.25, -0.2) is 0 Å². The zero-order valence-electron chi connectivity index (χ0n) is 11.3. The van der Waals surface area contributed by atoms with Crippen molar-refractivity contribution >= 4 is 22.6 Å². The van der Waals surface area contributed by atoms with Gasteiger partial charge >= 0.3 is 0 Å². The van der Waals surface area contributed by atoms with E-state index in [9.17, 15) is 4.79 Å². The highest BCUT2D eigenvalue weighted by Crippen LogP contribution is 2.19. The lowest BCUT2D eigenvalue weighted by molar-refractivity contribution is -0.116. The van der Waals surface area contributed by atoms with E-state index in [0.717, 1.165) is 5.52 Å². The Kier molecular flexibility index (Phi) is 3.25. The molecule has 5 nitrogen and oxygen atoms in total. The number of amides is 1. The van der Waals surface area contributed by atoms with Crippen molar-refractivity contribution in [3.8, 4) is 0 Å². The number of benzene rings is 1. The van der Waals surface area contributed by atoms with Gasteiger partial charge in [-0.05, 0) is 18.1 Å².